The average Bonchev–Trinajstić information content (AvgIpc) is 1.96. The van der Waals surface area contributed by atoms with Gasteiger partial charge >= 0.3 is 6.18 Å². The van der Waals surface area contributed by atoms with Crippen molar-refractivity contribution in [3.05, 3.63) is 0 Å². The predicted molar refractivity (Wildman–Crippen MR) is 43.5 cm³/mol. The Kier molecular flexibility index (Phi) is 5.66. The maximum atomic E-state index is 11.6. The molecule has 0 aliphatic heterocycles. The van der Waals surface area contributed by atoms with Crippen LogP contribution in [0.25, 0.3) is 0 Å². The Morgan fingerprint density at radius 3 is 2.42 bits per heavy atom. The summed E-state index contributed by atoms with van der Waals surface area (Å²) < 4.78 is 34.8. The van der Waals surface area contributed by atoms with Gasteiger partial charge in [0, 0.05) is 18.5 Å². The van der Waals surface area contributed by atoms with Gasteiger partial charge in [-0.05, 0) is 6.42 Å². The smallest absolute Gasteiger partial charge is 0.315 e. The monoisotopic (exact) mass is 203 g/mol. The van der Waals surface area contributed by atoms with Gasteiger partial charge in [-0.1, -0.05) is 6.92 Å². The molecule has 0 fully saturated rings. The molecule has 0 saturated carbocycles. The summed E-state index contributed by atoms with van der Waals surface area (Å²) in [7, 11) is 0. The summed E-state index contributed by atoms with van der Waals surface area (Å²) in [5.41, 5.74) is 0. The molecule has 0 aromatic rings. The minimum atomic E-state index is -4.07. The Morgan fingerprint density at radius 1 is 1.42 bits per heavy atom. The Labute approximate surface area is 75.3 Å². The molecule has 0 aromatic heterocycles. The van der Waals surface area contributed by atoms with Gasteiger partial charge in [-0.3, -0.25) is 0 Å². The van der Waals surface area contributed by atoms with Crippen LogP contribution in [0.1, 0.15) is 19.8 Å². The Morgan fingerprint density at radius 2 is 2.00 bits per heavy atom. The van der Waals surface area contributed by atoms with E-state index in [-0.39, 0.29) is 11.9 Å². The van der Waals surface area contributed by atoms with E-state index in [0.717, 1.165) is 6.42 Å². The Balaban J connectivity index is 3.22. The summed E-state index contributed by atoms with van der Waals surface area (Å²) >= 11 is 5.67. The summed E-state index contributed by atoms with van der Waals surface area (Å²) in [5.74, 6) is 0. The van der Waals surface area contributed by atoms with E-state index >= 15 is 0 Å². The van der Waals surface area contributed by atoms with Gasteiger partial charge in [-0.15, -0.1) is 11.6 Å². The van der Waals surface area contributed by atoms with Gasteiger partial charge in [0.05, 0.1) is 6.42 Å². The van der Waals surface area contributed by atoms with E-state index in [1.54, 1.807) is 0 Å². The van der Waals surface area contributed by atoms with Crippen LogP contribution in [0.3, 0.4) is 0 Å². The summed E-state index contributed by atoms with van der Waals surface area (Å²) in [6.45, 7) is 2.28. The van der Waals surface area contributed by atoms with Crippen LogP contribution in [-0.4, -0.2) is 24.6 Å². The number of hydrogen-bond acceptors (Lipinski definition) is 1. The van der Waals surface area contributed by atoms with Crippen molar-refractivity contribution in [2.75, 3.05) is 13.1 Å². The minimum Gasteiger partial charge on any atom is -0.315 e. The lowest BCUT2D eigenvalue weighted by Crippen LogP contribution is -2.27. The van der Waals surface area contributed by atoms with E-state index in [2.05, 4.69) is 5.32 Å². The third kappa shape index (κ3) is 8.14. The highest BCUT2D eigenvalue weighted by Crippen LogP contribution is 2.18. The molecule has 0 amide bonds. The fraction of sp³-hybridized carbons (Fsp3) is 1.00. The molecule has 0 radical (unpaired) electrons. The molecule has 74 valence electrons. The molecule has 0 bridgehead atoms. The van der Waals surface area contributed by atoms with E-state index in [0.29, 0.717) is 6.54 Å². The SMILES string of the molecule is CCC(Cl)CNCCC(F)(F)F. The number of alkyl halides is 4. The molecule has 12 heavy (non-hydrogen) atoms. The number of hydrogen-bond donors (Lipinski definition) is 1. The number of halogens is 4. The van der Waals surface area contributed by atoms with Gasteiger partial charge in [-0.25, -0.2) is 0 Å². The molecule has 1 N–H and O–H groups in total. The van der Waals surface area contributed by atoms with E-state index in [9.17, 15) is 13.2 Å². The minimum absolute atomic E-state index is 0.0489. The van der Waals surface area contributed by atoms with Crippen LogP contribution in [0.15, 0.2) is 0 Å². The Bertz CT molecular complexity index is 116. The van der Waals surface area contributed by atoms with Gasteiger partial charge in [0.25, 0.3) is 0 Å². The Hall–Kier alpha value is 0.0400. The maximum Gasteiger partial charge on any atom is 0.390 e. The van der Waals surface area contributed by atoms with Crippen molar-refractivity contribution in [3.63, 3.8) is 0 Å². The average molecular weight is 204 g/mol. The first-order valence-corrected chi connectivity index (χ1v) is 4.31. The molecule has 0 aliphatic rings. The molecular formula is C7H13ClF3N. The lowest BCUT2D eigenvalue weighted by molar-refractivity contribution is -0.133. The third-order valence-corrected chi connectivity index (χ3v) is 1.86. The van der Waals surface area contributed by atoms with Crippen molar-refractivity contribution in [1.29, 1.82) is 0 Å². The van der Waals surface area contributed by atoms with Crippen LogP contribution in [-0.2, 0) is 0 Å². The largest absolute Gasteiger partial charge is 0.390 e. The van der Waals surface area contributed by atoms with Crippen molar-refractivity contribution in [2.24, 2.45) is 0 Å². The molecule has 0 aliphatic carbocycles. The zero-order valence-electron chi connectivity index (χ0n) is 6.92. The molecule has 0 heterocycles. The highest BCUT2D eigenvalue weighted by atomic mass is 35.5. The zero-order valence-corrected chi connectivity index (χ0v) is 7.67. The van der Waals surface area contributed by atoms with Crippen LogP contribution in [0, 0.1) is 0 Å². The van der Waals surface area contributed by atoms with Crippen molar-refractivity contribution in [3.8, 4) is 0 Å². The van der Waals surface area contributed by atoms with Crippen molar-refractivity contribution < 1.29 is 13.2 Å². The molecule has 1 unspecified atom stereocenters. The fourth-order valence-electron chi connectivity index (χ4n) is 0.633. The maximum absolute atomic E-state index is 11.6. The fourth-order valence-corrected chi connectivity index (χ4v) is 0.742. The molecule has 0 saturated heterocycles. The van der Waals surface area contributed by atoms with Gasteiger partial charge < -0.3 is 5.32 Å². The molecule has 1 atom stereocenters. The predicted octanol–water partition coefficient (Wildman–Crippen LogP) is 2.55. The van der Waals surface area contributed by atoms with E-state index in [1.807, 2.05) is 6.92 Å². The topological polar surface area (TPSA) is 12.0 Å². The third-order valence-electron chi connectivity index (χ3n) is 1.39. The van der Waals surface area contributed by atoms with E-state index in [4.69, 9.17) is 11.6 Å². The summed E-state index contributed by atoms with van der Waals surface area (Å²) in [6, 6.07) is 0. The van der Waals surface area contributed by atoms with Gasteiger partial charge in [0.2, 0.25) is 0 Å². The quantitative estimate of drug-likeness (QED) is 0.535. The second-order valence-corrected chi connectivity index (χ2v) is 3.19. The van der Waals surface area contributed by atoms with Crippen LogP contribution in [0.4, 0.5) is 13.2 Å². The molecule has 0 spiro atoms. The first kappa shape index (κ1) is 12.0. The summed E-state index contributed by atoms with van der Waals surface area (Å²) in [4.78, 5) is 0. The van der Waals surface area contributed by atoms with Crippen LogP contribution < -0.4 is 5.32 Å². The highest BCUT2D eigenvalue weighted by Gasteiger charge is 2.25. The van der Waals surface area contributed by atoms with Crippen LogP contribution in [0.2, 0.25) is 0 Å². The molecular weight excluding hydrogens is 191 g/mol. The van der Waals surface area contributed by atoms with Crippen molar-refractivity contribution in [1.82, 2.24) is 5.32 Å². The zero-order chi connectivity index (χ0) is 9.61. The van der Waals surface area contributed by atoms with Crippen molar-refractivity contribution >= 4 is 11.6 Å². The van der Waals surface area contributed by atoms with E-state index in [1.165, 1.54) is 0 Å². The molecule has 0 aromatic carbocycles. The molecule has 0 rings (SSSR count). The first-order valence-electron chi connectivity index (χ1n) is 3.87. The van der Waals surface area contributed by atoms with Crippen LogP contribution >= 0.6 is 11.6 Å². The standard InChI is InChI=1S/C7H13ClF3N/c1-2-6(8)5-12-4-3-7(9,10)11/h6,12H,2-5H2,1H3. The van der Waals surface area contributed by atoms with Gasteiger partial charge in [-0.2, -0.15) is 13.2 Å². The lowest BCUT2D eigenvalue weighted by Gasteiger charge is -2.09. The normalized spacial score (nSPS) is 14.8. The second kappa shape index (κ2) is 5.65. The summed E-state index contributed by atoms with van der Waals surface area (Å²) in [5, 5.41) is 2.57. The van der Waals surface area contributed by atoms with Crippen LogP contribution in [0.5, 0.6) is 0 Å². The second-order valence-electron chi connectivity index (χ2n) is 2.57. The first-order chi connectivity index (χ1) is 5.45. The highest BCUT2D eigenvalue weighted by molar-refractivity contribution is 6.20. The molecule has 5 heteroatoms. The lowest BCUT2D eigenvalue weighted by atomic mass is 10.3. The number of rotatable bonds is 5. The van der Waals surface area contributed by atoms with Gasteiger partial charge in [0.15, 0.2) is 0 Å². The van der Waals surface area contributed by atoms with Gasteiger partial charge in [0.1, 0.15) is 0 Å². The van der Waals surface area contributed by atoms with Crippen molar-refractivity contribution in [2.45, 2.75) is 31.3 Å². The molecule has 1 nitrogen and oxygen atoms in total. The summed E-state index contributed by atoms with van der Waals surface area (Å²) in [6.07, 6.45) is -4.10. The number of nitrogens with one attached hydrogen (secondary N) is 1. The van der Waals surface area contributed by atoms with E-state index < -0.39 is 12.6 Å².